The number of carbonyl (C=O) groups is 1. The molecule has 3 aromatic heterocycles. The van der Waals surface area contributed by atoms with Gasteiger partial charge in [0.25, 0.3) is 0 Å². The van der Waals surface area contributed by atoms with Crippen LogP contribution in [0.2, 0.25) is 5.02 Å². The van der Waals surface area contributed by atoms with Crippen molar-refractivity contribution >= 4 is 63.4 Å². The van der Waals surface area contributed by atoms with Gasteiger partial charge in [0, 0.05) is 40.9 Å². The number of hydrogen-bond acceptors (Lipinski definition) is 3. The van der Waals surface area contributed by atoms with Crippen molar-refractivity contribution < 1.29 is 12.3 Å². The maximum atomic E-state index is 12.7. The first-order valence-corrected chi connectivity index (χ1v) is 10.2. The molecule has 0 saturated carbocycles. The predicted molar refractivity (Wildman–Crippen MR) is 135 cm³/mol. The third-order valence-electron chi connectivity index (χ3n) is 5.09. The topological polar surface area (TPSA) is 84.0 Å². The molecule has 9 heteroatoms. The van der Waals surface area contributed by atoms with Crippen LogP contribution in [0.5, 0.6) is 5.75 Å². The first-order chi connectivity index (χ1) is 16.4. The summed E-state index contributed by atoms with van der Waals surface area (Å²) in [6.45, 7) is -1.86. The third-order valence-corrected chi connectivity index (χ3v) is 5.33. The van der Waals surface area contributed by atoms with E-state index in [4.69, 9.17) is 19.1 Å². The Balaban J connectivity index is 0.00000289. The molecule has 0 aliphatic heterocycles. The maximum Gasteiger partial charge on any atom is 0.323 e. The van der Waals surface area contributed by atoms with E-state index in [0.29, 0.717) is 49.6 Å². The second kappa shape index (κ2) is 9.44. The molecule has 2 amide bonds. The number of carbonyl (C=O) groups excluding carboxylic acids is 1. The van der Waals surface area contributed by atoms with Crippen LogP contribution >= 0.6 is 24.0 Å². The van der Waals surface area contributed by atoms with Gasteiger partial charge in [-0.3, -0.25) is 0 Å². The van der Waals surface area contributed by atoms with E-state index in [9.17, 15) is 4.79 Å². The number of anilines is 2. The average molecular weight is 484 g/mol. The minimum absolute atomic E-state index is 0. The van der Waals surface area contributed by atoms with Crippen molar-refractivity contribution in [3.8, 4) is 5.75 Å². The highest BCUT2D eigenvalue weighted by Gasteiger charge is 2.12. The molecule has 7 nitrogen and oxygen atoms in total. The standard InChI is InChI=1S/C24H20ClN5O2.ClH/c1-32-22-6-5-16(25)13-20(22)29-24(31)28-19-3-2-4-21-18(19)9-12-30(21)14-15-7-10-26-23-17(15)8-11-27-23;/h2-13H,14H2,1H3,(H,26,27)(H2,28,29,31);1H/i14D2;. The first kappa shape index (κ1) is 20.0. The summed E-state index contributed by atoms with van der Waals surface area (Å²) in [6.07, 6.45) is 4.99. The fraction of sp³-hybridized carbons (Fsp3) is 0.0833. The third kappa shape index (κ3) is 4.46. The van der Waals surface area contributed by atoms with Gasteiger partial charge in [-0.15, -0.1) is 12.4 Å². The number of amides is 2. The van der Waals surface area contributed by atoms with Gasteiger partial charge in [0.2, 0.25) is 0 Å². The number of hydrogen-bond donors (Lipinski definition) is 3. The molecule has 3 heterocycles. The lowest BCUT2D eigenvalue weighted by Crippen LogP contribution is -2.20. The Morgan fingerprint density at radius 1 is 1.15 bits per heavy atom. The summed E-state index contributed by atoms with van der Waals surface area (Å²) in [5.74, 6) is 0.477. The van der Waals surface area contributed by atoms with Crippen LogP contribution in [0.25, 0.3) is 21.9 Å². The molecule has 3 N–H and O–H groups in total. The lowest BCUT2D eigenvalue weighted by Gasteiger charge is -2.12. The van der Waals surface area contributed by atoms with Crippen LogP contribution in [-0.2, 0) is 6.50 Å². The molecule has 0 radical (unpaired) electrons. The van der Waals surface area contributed by atoms with E-state index < -0.39 is 12.5 Å². The second-order valence-electron chi connectivity index (χ2n) is 7.06. The molecule has 0 atom stereocenters. The summed E-state index contributed by atoms with van der Waals surface area (Å²) in [5, 5.41) is 7.44. The van der Waals surface area contributed by atoms with Crippen molar-refractivity contribution in [2.24, 2.45) is 0 Å². The Kier molecular flexibility index (Phi) is 5.71. The molecule has 5 rings (SSSR count). The summed E-state index contributed by atoms with van der Waals surface area (Å²) in [6, 6.07) is 15.1. The van der Waals surface area contributed by atoms with Gasteiger partial charge in [-0.05, 0) is 54.1 Å². The number of benzene rings is 2. The number of ether oxygens (including phenoxy) is 1. The number of rotatable bonds is 5. The Hall–Kier alpha value is -3.68. The van der Waals surface area contributed by atoms with Crippen LogP contribution in [0.15, 0.2) is 73.2 Å². The lowest BCUT2D eigenvalue weighted by molar-refractivity contribution is 0.262. The molecule has 0 spiro atoms. The number of nitrogens with zero attached hydrogens (tertiary/aromatic N) is 2. The average Bonchev–Trinajstić information content (AvgIpc) is 3.47. The Labute approximate surface area is 203 Å². The number of fused-ring (bicyclic) bond motifs is 2. The van der Waals surface area contributed by atoms with Crippen molar-refractivity contribution in [1.82, 2.24) is 14.5 Å². The number of aromatic amines is 1. The highest BCUT2D eigenvalue weighted by Crippen LogP contribution is 2.29. The molecule has 0 bridgehead atoms. The largest absolute Gasteiger partial charge is 0.495 e. The van der Waals surface area contributed by atoms with Crippen molar-refractivity contribution in [3.05, 3.63) is 83.8 Å². The van der Waals surface area contributed by atoms with E-state index in [2.05, 4.69) is 20.6 Å². The van der Waals surface area contributed by atoms with Crippen LogP contribution in [0.4, 0.5) is 16.2 Å². The van der Waals surface area contributed by atoms with Crippen molar-refractivity contribution in [1.29, 1.82) is 0 Å². The summed E-state index contributed by atoms with van der Waals surface area (Å²) in [4.78, 5) is 20.0. The molecule has 0 unspecified atom stereocenters. The fourth-order valence-corrected chi connectivity index (χ4v) is 3.79. The smallest absolute Gasteiger partial charge is 0.323 e. The first-order valence-electron chi connectivity index (χ1n) is 10.8. The molecule has 33 heavy (non-hydrogen) atoms. The van der Waals surface area contributed by atoms with Crippen molar-refractivity contribution in [3.63, 3.8) is 0 Å². The van der Waals surface area contributed by atoms with Gasteiger partial charge in [-0.2, -0.15) is 0 Å². The number of methoxy groups -OCH3 is 1. The van der Waals surface area contributed by atoms with Crippen LogP contribution in [0.3, 0.4) is 0 Å². The molecule has 0 aliphatic carbocycles. The van der Waals surface area contributed by atoms with Gasteiger partial charge in [0.15, 0.2) is 0 Å². The van der Waals surface area contributed by atoms with E-state index in [1.165, 1.54) is 7.11 Å². The summed E-state index contributed by atoms with van der Waals surface area (Å²) in [5.41, 5.74) is 2.70. The van der Waals surface area contributed by atoms with E-state index in [0.717, 1.165) is 0 Å². The number of halogens is 2. The van der Waals surface area contributed by atoms with Crippen molar-refractivity contribution in [2.45, 2.75) is 6.50 Å². The molecule has 5 aromatic rings. The lowest BCUT2D eigenvalue weighted by atomic mass is 10.2. The van der Waals surface area contributed by atoms with Gasteiger partial charge in [-0.25, -0.2) is 9.78 Å². The molecule has 168 valence electrons. The van der Waals surface area contributed by atoms with Gasteiger partial charge in [0.05, 0.1) is 26.7 Å². The number of urea groups is 1. The van der Waals surface area contributed by atoms with E-state index >= 15 is 0 Å². The Morgan fingerprint density at radius 2 is 2.00 bits per heavy atom. The van der Waals surface area contributed by atoms with E-state index in [1.54, 1.807) is 65.6 Å². The van der Waals surface area contributed by atoms with Crippen LogP contribution < -0.4 is 15.4 Å². The minimum atomic E-state index is -1.86. The zero-order valence-corrected chi connectivity index (χ0v) is 19.0. The highest BCUT2D eigenvalue weighted by molar-refractivity contribution is 6.31. The Morgan fingerprint density at radius 3 is 2.85 bits per heavy atom. The zero-order chi connectivity index (χ0) is 23.9. The molecular weight excluding hydrogens is 461 g/mol. The quantitative estimate of drug-likeness (QED) is 0.274. The monoisotopic (exact) mass is 483 g/mol. The van der Waals surface area contributed by atoms with Gasteiger partial charge in [0.1, 0.15) is 11.4 Å². The molecular formula is C24H21Cl2N5O2. The van der Waals surface area contributed by atoms with Crippen LogP contribution in [-0.4, -0.2) is 27.7 Å². The van der Waals surface area contributed by atoms with Crippen molar-refractivity contribution in [2.75, 3.05) is 17.7 Å². The summed E-state index contributed by atoms with van der Waals surface area (Å²) >= 11 is 6.05. The highest BCUT2D eigenvalue weighted by atomic mass is 35.5. The molecule has 0 aliphatic rings. The number of H-pyrrole nitrogens is 1. The zero-order valence-electron chi connectivity index (χ0n) is 19.4. The van der Waals surface area contributed by atoms with E-state index in [1.807, 2.05) is 12.1 Å². The number of nitrogens with one attached hydrogen (secondary N) is 3. The van der Waals surface area contributed by atoms with Gasteiger partial charge in [-0.1, -0.05) is 17.7 Å². The fourth-order valence-electron chi connectivity index (χ4n) is 3.62. The molecule has 0 saturated heterocycles. The van der Waals surface area contributed by atoms with Gasteiger partial charge < -0.3 is 24.9 Å². The normalized spacial score (nSPS) is 12.1. The van der Waals surface area contributed by atoms with Crippen LogP contribution in [0, 0.1) is 0 Å². The second-order valence-corrected chi connectivity index (χ2v) is 7.49. The molecule has 2 aromatic carbocycles. The predicted octanol–water partition coefficient (Wildman–Crippen LogP) is 6.29. The van der Waals surface area contributed by atoms with Gasteiger partial charge >= 0.3 is 6.03 Å². The summed E-state index contributed by atoms with van der Waals surface area (Å²) in [7, 11) is 1.51. The SMILES string of the molecule is Cl.[2H]C([2H])(c1ccnc2[nH]ccc12)n1ccc2c(NC(=O)Nc3cc(Cl)ccc3OC)cccc21. The van der Waals surface area contributed by atoms with E-state index in [-0.39, 0.29) is 12.4 Å². The summed E-state index contributed by atoms with van der Waals surface area (Å²) < 4.78 is 24.7. The van der Waals surface area contributed by atoms with Crippen LogP contribution in [0.1, 0.15) is 8.30 Å². The minimum Gasteiger partial charge on any atom is -0.495 e. The molecule has 0 fully saturated rings. The maximum absolute atomic E-state index is 12.7. The number of aromatic nitrogens is 3. The Bertz CT molecular complexity index is 1530. The number of pyridine rings is 1.